The van der Waals surface area contributed by atoms with Crippen molar-refractivity contribution in [1.29, 1.82) is 0 Å². The zero-order valence-corrected chi connectivity index (χ0v) is 19.7. The number of aromatic amines is 1. The van der Waals surface area contributed by atoms with Crippen LogP contribution in [0.15, 0.2) is 29.4 Å². The number of carbonyl (C=O) groups excluding carboxylic acids is 2. The number of carbonyl (C=O) groups is 2. The number of nitrogens with zero attached hydrogens (tertiary/aromatic N) is 1. The zero-order valence-electron chi connectivity index (χ0n) is 11.7. The number of amides is 1. The van der Waals surface area contributed by atoms with Crippen LogP contribution in [0.3, 0.4) is 0 Å². The van der Waals surface area contributed by atoms with E-state index in [1.54, 1.807) is 12.3 Å². The average molecular weight is 290 g/mol. The quantitative estimate of drug-likeness (QED) is 0.457. The molecule has 4 nitrogen and oxygen atoms in total. The molecule has 0 aliphatic carbocycles. The number of benzene rings is 1. The molecule has 2 aromatic rings. The number of fused-ring (bicyclic) bond motifs is 3. The number of hydrogen-bond acceptors (Lipinski definition) is 2. The average Bonchev–Trinajstić information content (AvgIpc) is 2.68. The first-order valence-corrected chi connectivity index (χ1v) is 4.50. The normalized spacial score (nSPS) is 11.6. The summed E-state index contributed by atoms with van der Waals surface area (Å²) in [6.45, 7) is 0. The molecule has 4 radical (unpaired) electrons. The van der Waals surface area contributed by atoms with Gasteiger partial charge in [0.05, 0.1) is 5.36 Å². The third-order valence-electron chi connectivity index (χ3n) is 2.45. The van der Waals surface area contributed by atoms with Crippen LogP contribution in [0.25, 0.3) is 17.0 Å². The van der Waals surface area contributed by atoms with Crippen LogP contribution in [0.4, 0.5) is 0 Å². The van der Waals surface area contributed by atoms with Gasteiger partial charge in [0.15, 0.2) is 0 Å². The summed E-state index contributed by atoms with van der Waals surface area (Å²) in [4.78, 5) is 29.1. The van der Waals surface area contributed by atoms with Crippen LogP contribution in [-0.4, -0.2) is 135 Å². The minimum atomic E-state index is -0.698. The first kappa shape index (κ1) is 23.0. The molecule has 8 heteroatoms. The van der Waals surface area contributed by atoms with Gasteiger partial charge in [0.25, 0.3) is 0 Å². The van der Waals surface area contributed by atoms with E-state index in [0.717, 1.165) is 10.9 Å². The van der Waals surface area contributed by atoms with Gasteiger partial charge in [-0.25, -0.2) is 4.99 Å². The topological polar surface area (TPSA) is 62.3 Å². The minimum Gasteiger partial charge on any atom is -0.361 e. The Morgan fingerprint density at radius 3 is 2.32 bits per heavy atom. The summed E-state index contributed by atoms with van der Waals surface area (Å²) in [5.74, 6) is -1.26. The van der Waals surface area contributed by atoms with Crippen molar-refractivity contribution in [2.24, 2.45) is 4.99 Å². The Labute approximate surface area is 198 Å². The van der Waals surface area contributed by atoms with E-state index in [2.05, 4.69) is 9.98 Å². The molecule has 0 bridgehead atoms. The van der Waals surface area contributed by atoms with Crippen molar-refractivity contribution < 1.29 is 9.59 Å². The Morgan fingerprint density at radius 2 is 1.63 bits per heavy atom. The minimum absolute atomic E-state index is 0. The molecule has 1 N–H and O–H groups in total. The smallest absolute Gasteiger partial charge is 0.318 e. The molecule has 0 saturated carbocycles. The second-order valence-corrected chi connectivity index (χ2v) is 3.37. The van der Waals surface area contributed by atoms with Gasteiger partial charge in [-0.15, -0.1) is 0 Å². The molecule has 0 atom stereocenters. The van der Waals surface area contributed by atoms with Crippen LogP contribution in [0.1, 0.15) is 0 Å². The van der Waals surface area contributed by atoms with E-state index in [4.69, 9.17) is 0 Å². The van der Waals surface area contributed by atoms with Gasteiger partial charge >= 0.3 is 5.91 Å². The van der Waals surface area contributed by atoms with E-state index < -0.39 is 11.7 Å². The molecule has 1 aromatic carbocycles. The molecule has 76 valence electrons. The van der Waals surface area contributed by atoms with E-state index in [1.165, 1.54) is 6.08 Å². The van der Waals surface area contributed by atoms with Crippen LogP contribution in [0.2, 0.25) is 0 Å². The SMILES string of the molecule is O=C1C=c2ccc3[nH]ccc3c2=NC1=O.[Na].[Na].[Na].[Na]. The van der Waals surface area contributed by atoms with Crippen LogP contribution in [-0.2, 0) is 9.59 Å². The van der Waals surface area contributed by atoms with E-state index in [0.29, 0.717) is 10.6 Å². The predicted octanol–water partition coefficient (Wildman–Crippen LogP) is -1.85. The fraction of sp³-hybridized carbons (Fsp3) is 0. The van der Waals surface area contributed by atoms with Crippen molar-refractivity contribution in [2.45, 2.75) is 0 Å². The molecule has 3 rings (SSSR count). The molecule has 19 heavy (non-hydrogen) atoms. The molecule has 1 aromatic heterocycles. The largest absolute Gasteiger partial charge is 0.361 e. The van der Waals surface area contributed by atoms with Crippen molar-refractivity contribution >= 4 is 147 Å². The van der Waals surface area contributed by atoms with Gasteiger partial charge in [0.1, 0.15) is 0 Å². The molecule has 0 saturated heterocycles. The standard InChI is InChI=1S/C11H6N2O2.4Na/c14-9-5-6-1-2-8-7(3-4-12-8)10(6)13-11(9)15;;;;/h1-5,12H;;;;. The van der Waals surface area contributed by atoms with Gasteiger partial charge < -0.3 is 4.98 Å². The first-order chi connectivity index (χ1) is 7.25. The van der Waals surface area contributed by atoms with Crippen molar-refractivity contribution in [1.82, 2.24) is 4.98 Å². The summed E-state index contributed by atoms with van der Waals surface area (Å²) in [5.41, 5.74) is 0.910. The van der Waals surface area contributed by atoms with E-state index >= 15 is 0 Å². The van der Waals surface area contributed by atoms with Crippen molar-refractivity contribution in [2.75, 3.05) is 0 Å². The molecule has 0 fully saturated rings. The summed E-state index contributed by atoms with van der Waals surface area (Å²) in [5, 5.41) is 2.15. The molecule has 1 amide bonds. The van der Waals surface area contributed by atoms with Gasteiger partial charge in [0, 0.05) is 147 Å². The third-order valence-corrected chi connectivity index (χ3v) is 2.45. The molecule has 0 unspecified atom stereocenters. The predicted molar refractivity (Wildman–Crippen MR) is 76.6 cm³/mol. The van der Waals surface area contributed by atoms with E-state index in [-0.39, 0.29) is 118 Å². The summed E-state index contributed by atoms with van der Waals surface area (Å²) in [6.07, 6.45) is 3.11. The van der Waals surface area contributed by atoms with Crippen LogP contribution in [0.5, 0.6) is 0 Å². The Kier molecular flexibility index (Phi) is 11.8. The summed E-state index contributed by atoms with van der Waals surface area (Å²) < 4.78 is 0. The molecular formula is C11H6N2Na4O2. The second-order valence-electron chi connectivity index (χ2n) is 3.37. The van der Waals surface area contributed by atoms with E-state index in [9.17, 15) is 9.59 Å². The van der Waals surface area contributed by atoms with Crippen molar-refractivity contribution in [3.8, 4) is 0 Å². The molecule has 2 heterocycles. The third kappa shape index (κ3) is 4.62. The summed E-state index contributed by atoms with van der Waals surface area (Å²) in [6, 6.07) is 5.49. The molecular weight excluding hydrogens is 284 g/mol. The van der Waals surface area contributed by atoms with Crippen LogP contribution < -0.4 is 10.6 Å². The van der Waals surface area contributed by atoms with Crippen molar-refractivity contribution in [3.05, 3.63) is 35.0 Å². The summed E-state index contributed by atoms with van der Waals surface area (Å²) in [7, 11) is 0. The van der Waals surface area contributed by atoms with Crippen LogP contribution in [0, 0.1) is 0 Å². The number of H-pyrrole nitrogens is 1. The van der Waals surface area contributed by atoms with Gasteiger partial charge in [-0.05, 0) is 12.1 Å². The number of Topliss-reactive ketones (excluding diaryl/α,β-unsaturated/α-hetero) is 1. The van der Waals surface area contributed by atoms with Gasteiger partial charge in [-0.3, -0.25) is 9.59 Å². The number of rotatable bonds is 0. The van der Waals surface area contributed by atoms with Gasteiger partial charge in [-0.2, -0.15) is 0 Å². The number of aromatic nitrogens is 1. The van der Waals surface area contributed by atoms with Crippen LogP contribution >= 0.6 is 0 Å². The Morgan fingerprint density at radius 1 is 0.947 bits per heavy atom. The maximum absolute atomic E-state index is 11.2. The monoisotopic (exact) mass is 290 g/mol. The first-order valence-electron chi connectivity index (χ1n) is 4.50. The zero-order chi connectivity index (χ0) is 10.4. The maximum atomic E-state index is 11.2. The Balaban J connectivity index is 0. The maximum Gasteiger partial charge on any atom is 0.318 e. The second kappa shape index (κ2) is 9.72. The number of ketones is 1. The number of hydrogen-bond donors (Lipinski definition) is 1. The van der Waals surface area contributed by atoms with E-state index in [1.807, 2.05) is 12.1 Å². The van der Waals surface area contributed by atoms with Gasteiger partial charge in [-0.1, -0.05) is 6.07 Å². The fourth-order valence-electron chi connectivity index (χ4n) is 1.74. The molecule has 1 aliphatic heterocycles. The van der Waals surface area contributed by atoms with Crippen molar-refractivity contribution in [3.63, 3.8) is 0 Å². The fourth-order valence-corrected chi connectivity index (χ4v) is 1.74. The molecule has 1 aliphatic rings. The number of nitrogens with one attached hydrogen (secondary N) is 1. The molecule has 0 spiro atoms. The Hall–Kier alpha value is 1.77. The Bertz CT molecular complexity index is 724. The van der Waals surface area contributed by atoms with Gasteiger partial charge in [0.2, 0.25) is 5.78 Å². The summed E-state index contributed by atoms with van der Waals surface area (Å²) >= 11 is 0.